The molecule has 0 bridgehead atoms. The number of rotatable bonds is 13. The van der Waals surface area contributed by atoms with Crippen LogP contribution in [0.2, 0.25) is 0 Å². The molecule has 3 aromatic rings. The zero-order chi connectivity index (χ0) is 30.8. The summed E-state index contributed by atoms with van der Waals surface area (Å²) in [5, 5.41) is 40.3. The molecule has 4 unspecified atom stereocenters. The van der Waals surface area contributed by atoms with E-state index in [2.05, 4.69) is 21.3 Å². The second-order valence-corrected chi connectivity index (χ2v) is 10.6. The normalized spacial score (nSPS) is 16.4. The van der Waals surface area contributed by atoms with Crippen molar-refractivity contribution in [3.63, 3.8) is 0 Å². The van der Waals surface area contributed by atoms with Crippen molar-refractivity contribution in [2.75, 3.05) is 6.54 Å². The highest BCUT2D eigenvalue weighted by molar-refractivity contribution is 5.94. The van der Waals surface area contributed by atoms with E-state index >= 15 is 0 Å². The highest BCUT2D eigenvalue weighted by Gasteiger charge is 2.32. The van der Waals surface area contributed by atoms with Gasteiger partial charge in [0.2, 0.25) is 17.7 Å². The number of aromatic hydroxyl groups is 2. The third kappa shape index (κ3) is 9.30. The fraction of sp³-hybridized carbons (Fsp3) is 0.312. The molecule has 0 spiro atoms. The lowest BCUT2D eigenvalue weighted by molar-refractivity contribution is -0.142. The first kappa shape index (κ1) is 31.0. The van der Waals surface area contributed by atoms with Gasteiger partial charge in [-0.25, -0.2) is 4.79 Å². The van der Waals surface area contributed by atoms with Gasteiger partial charge in [0.1, 0.15) is 29.6 Å². The average molecular weight is 589 g/mol. The van der Waals surface area contributed by atoms with Crippen LogP contribution in [0.4, 0.5) is 0 Å². The number of phenols is 2. The molecule has 0 aromatic heterocycles. The summed E-state index contributed by atoms with van der Waals surface area (Å²) in [6.07, 6.45) is 1.61. The Morgan fingerprint density at radius 1 is 0.674 bits per heavy atom. The number of carboxylic acids is 1. The number of benzene rings is 3. The molecule has 1 fully saturated rings. The highest BCUT2D eigenvalue weighted by Crippen LogP contribution is 2.14. The summed E-state index contributed by atoms with van der Waals surface area (Å²) >= 11 is 0. The Morgan fingerprint density at radius 2 is 1.14 bits per heavy atom. The molecule has 1 heterocycles. The Labute approximate surface area is 249 Å². The Bertz CT molecular complexity index is 1390. The lowest BCUT2D eigenvalue weighted by Crippen LogP contribution is -2.58. The summed E-state index contributed by atoms with van der Waals surface area (Å²) in [6.45, 7) is 0.696. The van der Waals surface area contributed by atoms with Crippen molar-refractivity contribution in [1.82, 2.24) is 21.3 Å². The molecular weight excluding hydrogens is 552 g/mol. The number of nitrogens with one attached hydrogen (secondary N) is 4. The lowest BCUT2D eigenvalue weighted by atomic mass is 10.0. The van der Waals surface area contributed by atoms with Crippen LogP contribution in [0.15, 0.2) is 78.9 Å². The van der Waals surface area contributed by atoms with E-state index in [1.165, 1.54) is 24.3 Å². The monoisotopic (exact) mass is 588 g/mol. The van der Waals surface area contributed by atoms with Crippen LogP contribution in [0.1, 0.15) is 29.5 Å². The van der Waals surface area contributed by atoms with Gasteiger partial charge in [0.15, 0.2) is 0 Å². The van der Waals surface area contributed by atoms with Crippen LogP contribution in [0, 0.1) is 0 Å². The number of aliphatic carboxylic acids is 1. The number of carbonyl (C=O) groups excluding carboxylic acids is 3. The smallest absolute Gasteiger partial charge is 0.326 e. The number of carboxylic acid groups (broad SMARTS) is 1. The maximum atomic E-state index is 13.7. The van der Waals surface area contributed by atoms with Gasteiger partial charge in [0.25, 0.3) is 0 Å². The van der Waals surface area contributed by atoms with Gasteiger partial charge in [-0.2, -0.15) is 0 Å². The number of amides is 3. The van der Waals surface area contributed by atoms with Gasteiger partial charge in [0, 0.05) is 19.3 Å². The van der Waals surface area contributed by atoms with E-state index < -0.39 is 42.0 Å². The van der Waals surface area contributed by atoms with Crippen LogP contribution in [-0.4, -0.2) is 69.7 Å². The predicted molar refractivity (Wildman–Crippen MR) is 158 cm³/mol. The second-order valence-electron chi connectivity index (χ2n) is 10.6. The van der Waals surface area contributed by atoms with Crippen LogP contribution in [0.3, 0.4) is 0 Å². The molecule has 3 amide bonds. The van der Waals surface area contributed by atoms with Gasteiger partial charge in [0.05, 0.1) is 6.04 Å². The van der Waals surface area contributed by atoms with Gasteiger partial charge >= 0.3 is 5.97 Å². The first-order valence-corrected chi connectivity index (χ1v) is 14.1. The predicted octanol–water partition coefficient (Wildman–Crippen LogP) is 1.42. The molecule has 4 rings (SSSR count). The van der Waals surface area contributed by atoms with Gasteiger partial charge in [-0.05, 0) is 60.3 Å². The molecule has 11 heteroatoms. The van der Waals surface area contributed by atoms with E-state index in [0.717, 1.165) is 12.0 Å². The summed E-state index contributed by atoms with van der Waals surface area (Å²) in [6, 6.07) is 17.3. The van der Waals surface area contributed by atoms with Crippen molar-refractivity contribution < 1.29 is 34.5 Å². The molecule has 1 aliphatic heterocycles. The Balaban J connectivity index is 1.54. The van der Waals surface area contributed by atoms with E-state index in [9.17, 15) is 34.5 Å². The fourth-order valence-electron chi connectivity index (χ4n) is 4.93. The zero-order valence-electron chi connectivity index (χ0n) is 23.5. The minimum Gasteiger partial charge on any atom is -0.508 e. The summed E-state index contributed by atoms with van der Waals surface area (Å²) < 4.78 is 0. The van der Waals surface area contributed by atoms with Gasteiger partial charge < -0.3 is 36.6 Å². The minimum atomic E-state index is -1.30. The molecule has 4 atom stereocenters. The maximum absolute atomic E-state index is 13.7. The average Bonchev–Trinajstić information content (AvgIpc) is 3.54. The summed E-state index contributed by atoms with van der Waals surface area (Å²) in [5.41, 5.74) is 2.01. The molecule has 0 radical (unpaired) electrons. The van der Waals surface area contributed by atoms with Crippen LogP contribution in [0.5, 0.6) is 11.5 Å². The molecular formula is C32H36N4O7. The van der Waals surface area contributed by atoms with Crippen LogP contribution < -0.4 is 21.3 Å². The SMILES string of the molecule is O=C(O)C(Cc1ccc(O)cc1)NC(=O)C(Cc1ccccc1)NC(=O)C(Cc1ccc(O)cc1)NC(=O)C1CCCN1. The maximum Gasteiger partial charge on any atom is 0.326 e. The molecule has 1 saturated heterocycles. The van der Waals surface area contributed by atoms with Crippen molar-refractivity contribution >= 4 is 23.7 Å². The molecule has 0 aliphatic carbocycles. The van der Waals surface area contributed by atoms with Crippen LogP contribution >= 0.6 is 0 Å². The first-order valence-electron chi connectivity index (χ1n) is 14.1. The molecule has 11 nitrogen and oxygen atoms in total. The van der Waals surface area contributed by atoms with Gasteiger partial charge in [-0.3, -0.25) is 14.4 Å². The molecule has 0 saturated carbocycles. The summed E-state index contributed by atoms with van der Waals surface area (Å²) in [7, 11) is 0. The third-order valence-corrected chi connectivity index (χ3v) is 7.29. The van der Waals surface area contributed by atoms with Crippen molar-refractivity contribution in [3.05, 3.63) is 95.6 Å². The molecule has 226 valence electrons. The topological polar surface area (TPSA) is 177 Å². The summed E-state index contributed by atoms with van der Waals surface area (Å²) in [4.78, 5) is 52.3. The standard InChI is InChI=1S/C32H36N4O7/c37-23-12-8-21(9-13-23)18-27(34-29(39)25-7-4-16-33-25)30(40)35-26(17-20-5-2-1-3-6-20)31(41)36-28(32(42)43)19-22-10-14-24(38)15-11-22/h1-3,5-6,8-15,25-28,33,37-38H,4,7,16-19H2,(H,34,39)(H,35,40)(H,36,41)(H,42,43). The van der Waals surface area contributed by atoms with E-state index in [1.807, 2.05) is 6.07 Å². The molecule has 43 heavy (non-hydrogen) atoms. The third-order valence-electron chi connectivity index (χ3n) is 7.29. The Kier molecular flexibility index (Phi) is 10.7. The van der Waals surface area contributed by atoms with Crippen molar-refractivity contribution in [2.24, 2.45) is 0 Å². The fourth-order valence-corrected chi connectivity index (χ4v) is 4.93. The molecule has 3 aromatic carbocycles. The van der Waals surface area contributed by atoms with E-state index in [1.54, 1.807) is 48.5 Å². The second kappa shape index (κ2) is 14.8. The van der Waals surface area contributed by atoms with E-state index in [0.29, 0.717) is 24.1 Å². The van der Waals surface area contributed by atoms with E-state index in [-0.39, 0.29) is 36.7 Å². The number of hydrogen-bond donors (Lipinski definition) is 7. The number of carbonyl (C=O) groups is 4. The number of hydrogen-bond acceptors (Lipinski definition) is 7. The lowest BCUT2D eigenvalue weighted by Gasteiger charge is -2.25. The van der Waals surface area contributed by atoms with Gasteiger partial charge in [-0.1, -0.05) is 54.6 Å². The largest absolute Gasteiger partial charge is 0.508 e. The first-order chi connectivity index (χ1) is 20.7. The molecule has 1 aliphatic rings. The van der Waals surface area contributed by atoms with Crippen molar-refractivity contribution in [1.29, 1.82) is 0 Å². The quantitative estimate of drug-likeness (QED) is 0.157. The highest BCUT2D eigenvalue weighted by atomic mass is 16.4. The van der Waals surface area contributed by atoms with E-state index in [4.69, 9.17) is 0 Å². The van der Waals surface area contributed by atoms with Crippen LogP contribution in [-0.2, 0) is 38.4 Å². The minimum absolute atomic E-state index is 0.0305. The Morgan fingerprint density at radius 3 is 1.63 bits per heavy atom. The van der Waals surface area contributed by atoms with Crippen LogP contribution in [0.25, 0.3) is 0 Å². The van der Waals surface area contributed by atoms with Gasteiger partial charge in [-0.15, -0.1) is 0 Å². The van der Waals surface area contributed by atoms with Crippen molar-refractivity contribution in [2.45, 2.75) is 56.3 Å². The Hall–Kier alpha value is -4.90. The summed E-state index contributed by atoms with van der Waals surface area (Å²) in [5.74, 6) is -2.81. The number of phenolic OH excluding ortho intramolecular Hbond substituents is 2. The molecule has 7 N–H and O–H groups in total. The zero-order valence-corrected chi connectivity index (χ0v) is 23.5. The van der Waals surface area contributed by atoms with Crippen molar-refractivity contribution in [3.8, 4) is 11.5 Å².